The van der Waals surface area contributed by atoms with Crippen molar-refractivity contribution in [1.29, 1.82) is 0 Å². The van der Waals surface area contributed by atoms with E-state index in [4.69, 9.17) is 23.2 Å². The second-order valence-corrected chi connectivity index (χ2v) is 6.73. The first-order valence-corrected chi connectivity index (χ1v) is 8.65. The quantitative estimate of drug-likeness (QED) is 0.824. The van der Waals surface area contributed by atoms with E-state index < -0.39 is 0 Å². The third-order valence-corrected chi connectivity index (χ3v) is 4.52. The Bertz CT molecular complexity index is 760. The number of aryl methyl sites for hydroxylation is 1. The van der Waals surface area contributed by atoms with Gasteiger partial charge in [-0.3, -0.25) is 4.79 Å². The fraction of sp³-hybridized carbons (Fsp3) is 0.353. The molecular formula is C17H18Cl2N4O. The minimum atomic E-state index is -0.348. The number of anilines is 2. The average molecular weight is 365 g/mol. The van der Waals surface area contributed by atoms with Crippen molar-refractivity contribution in [1.82, 2.24) is 9.97 Å². The van der Waals surface area contributed by atoms with E-state index >= 15 is 0 Å². The molecule has 1 fully saturated rings. The van der Waals surface area contributed by atoms with Crippen molar-refractivity contribution in [2.45, 2.75) is 38.6 Å². The number of aromatic nitrogens is 2. The van der Waals surface area contributed by atoms with Gasteiger partial charge in [-0.15, -0.1) is 0 Å². The Morgan fingerprint density at radius 1 is 1.17 bits per heavy atom. The first-order chi connectivity index (χ1) is 11.5. The highest BCUT2D eigenvalue weighted by molar-refractivity contribution is 6.35. The maximum Gasteiger partial charge on any atom is 0.274 e. The van der Waals surface area contributed by atoms with Gasteiger partial charge in [0, 0.05) is 17.1 Å². The summed E-state index contributed by atoms with van der Waals surface area (Å²) in [5, 5.41) is 7.04. The van der Waals surface area contributed by atoms with Gasteiger partial charge in [0.2, 0.25) is 0 Å². The maximum absolute atomic E-state index is 12.5. The fourth-order valence-electron chi connectivity index (χ4n) is 2.82. The van der Waals surface area contributed by atoms with E-state index in [0.29, 0.717) is 39.1 Å². The van der Waals surface area contributed by atoms with E-state index in [9.17, 15) is 4.79 Å². The van der Waals surface area contributed by atoms with E-state index in [0.717, 1.165) is 12.8 Å². The molecule has 0 unspecified atom stereocenters. The summed E-state index contributed by atoms with van der Waals surface area (Å²) < 4.78 is 0. The number of rotatable bonds is 4. The van der Waals surface area contributed by atoms with Crippen LogP contribution in [0.1, 0.15) is 42.0 Å². The van der Waals surface area contributed by atoms with Gasteiger partial charge in [-0.2, -0.15) is 0 Å². The number of amides is 1. The molecule has 0 spiro atoms. The first-order valence-electron chi connectivity index (χ1n) is 7.90. The Morgan fingerprint density at radius 3 is 2.67 bits per heavy atom. The van der Waals surface area contributed by atoms with Gasteiger partial charge >= 0.3 is 0 Å². The summed E-state index contributed by atoms with van der Waals surface area (Å²) >= 11 is 12.0. The summed E-state index contributed by atoms with van der Waals surface area (Å²) in [5.41, 5.74) is 0.745. The molecule has 24 heavy (non-hydrogen) atoms. The molecule has 0 bridgehead atoms. The lowest BCUT2D eigenvalue weighted by Gasteiger charge is -2.14. The zero-order chi connectivity index (χ0) is 17.1. The van der Waals surface area contributed by atoms with Gasteiger partial charge in [0.1, 0.15) is 17.3 Å². The molecule has 0 saturated heterocycles. The summed E-state index contributed by atoms with van der Waals surface area (Å²) in [4.78, 5) is 21.1. The normalized spacial score (nSPS) is 14.6. The Kier molecular flexibility index (Phi) is 5.21. The van der Waals surface area contributed by atoms with Crippen LogP contribution in [-0.2, 0) is 0 Å². The minimum Gasteiger partial charge on any atom is -0.367 e. The Hall–Kier alpha value is -1.85. The van der Waals surface area contributed by atoms with Crippen molar-refractivity contribution in [3.05, 3.63) is 45.8 Å². The second-order valence-electron chi connectivity index (χ2n) is 5.89. The monoisotopic (exact) mass is 364 g/mol. The third-order valence-electron chi connectivity index (χ3n) is 3.95. The molecule has 126 valence electrons. The molecule has 2 aromatic rings. The van der Waals surface area contributed by atoms with Gasteiger partial charge in [-0.05, 0) is 38.0 Å². The van der Waals surface area contributed by atoms with Crippen molar-refractivity contribution in [2.24, 2.45) is 0 Å². The topological polar surface area (TPSA) is 66.9 Å². The van der Waals surface area contributed by atoms with Gasteiger partial charge in [0.25, 0.3) is 5.91 Å². The van der Waals surface area contributed by atoms with Gasteiger partial charge < -0.3 is 10.6 Å². The molecule has 1 aromatic heterocycles. The van der Waals surface area contributed by atoms with Crippen molar-refractivity contribution in [3.63, 3.8) is 0 Å². The lowest BCUT2D eigenvalue weighted by molar-refractivity contribution is 0.102. The van der Waals surface area contributed by atoms with E-state index in [1.54, 1.807) is 31.2 Å². The van der Waals surface area contributed by atoms with Crippen LogP contribution in [0.5, 0.6) is 0 Å². The number of carbonyl (C=O) groups is 1. The number of hydrogen-bond donors (Lipinski definition) is 2. The number of nitrogens with one attached hydrogen (secondary N) is 2. The Balaban J connectivity index is 1.78. The zero-order valence-corrected chi connectivity index (χ0v) is 14.8. The molecule has 3 rings (SSSR count). The van der Waals surface area contributed by atoms with Crippen LogP contribution in [0.2, 0.25) is 10.0 Å². The molecule has 7 heteroatoms. The predicted molar refractivity (Wildman–Crippen MR) is 97.1 cm³/mol. The Morgan fingerprint density at radius 2 is 1.92 bits per heavy atom. The summed E-state index contributed by atoms with van der Waals surface area (Å²) in [5.74, 6) is 0.871. The fourth-order valence-corrected chi connectivity index (χ4v) is 3.15. The number of benzene rings is 1. The highest BCUT2D eigenvalue weighted by atomic mass is 35.5. The molecule has 1 aromatic carbocycles. The van der Waals surface area contributed by atoms with Crippen LogP contribution < -0.4 is 10.6 Å². The predicted octanol–water partition coefficient (Wildman–Crippen LogP) is 4.70. The lowest BCUT2D eigenvalue weighted by Crippen LogP contribution is -2.19. The highest BCUT2D eigenvalue weighted by Crippen LogP contribution is 2.26. The minimum absolute atomic E-state index is 0.291. The lowest BCUT2D eigenvalue weighted by atomic mass is 10.2. The van der Waals surface area contributed by atoms with Crippen LogP contribution in [-0.4, -0.2) is 21.9 Å². The number of hydrogen-bond acceptors (Lipinski definition) is 4. The van der Waals surface area contributed by atoms with Crippen LogP contribution in [0.25, 0.3) is 0 Å². The van der Waals surface area contributed by atoms with Crippen molar-refractivity contribution >= 4 is 40.6 Å². The molecule has 1 saturated carbocycles. The summed E-state index contributed by atoms with van der Waals surface area (Å²) in [6.45, 7) is 1.77. The second kappa shape index (κ2) is 7.36. The van der Waals surface area contributed by atoms with E-state index in [2.05, 4.69) is 20.6 Å². The van der Waals surface area contributed by atoms with E-state index in [-0.39, 0.29) is 5.91 Å². The number of halogens is 2. The molecule has 0 aliphatic heterocycles. The smallest absolute Gasteiger partial charge is 0.274 e. The molecule has 5 nitrogen and oxygen atoms in total. The zero-order valence-electron chi connectivity index (χ0n) is 13.3. The average Bonchev–Trinajstić information content (AvgIpc) is 3.03. The number of carbonyl (C=O) groups excluding carboxylic acids is 1. The summed E-state index contributed by atoms with van der Waals surface area (Å²) in [6.07, 6.45) is 4.70. The maximum atomic E-state index is 12.5. The van der Waals surface area contributed by atoms with Gasteiger partial charge in [-0.25, -0.2) is 9.97 Å². The van der Waals surface area contributed by atoms with Crippen molar-refractivity contribution in [2.75, 3.05) is 10.6 Å². The SMILES string of the molecule is Cc1nc(NC2CCCC2)cc(C(=O)Nc2cc(Cl)ccc2Cl)n1. The molecule has 1 heterocycles. The molecule has 1 aliphatic rings. The van der Waals surface area contributed by atoms with Crippen LogP contribution in [0.15, 0.2) is 24.3 Å². The number of nitrogens with zero attached hydrogens (tertiary/aromatic N) is 2. The molecule has 0 atom stereocenters. The largest absolute Gasteiger partial charge is 0.367 e. The van der Waals surface area contributed by atoms with Gasteiger partial charge in [0.15, 0.2) is 0 Å². The van der Waals surface area contributed by atoms with Gasteiger partial charge in [-0.1, -0.05) is 36.0 Å². The molecule has 0 radical (unpaired) electrons. The Labute approximate surface area is 150 Å². The molecular weight excluding hydrogens is 347 g/mol. The van der Waals surface area contributed by atoms with Crippen LogP contribution in [0, 0.1) is 6.92 Å². The van der Waals surface area contributed by atoms with Crippen molar-refractivity contribution < 1.29 is 4.79 Å². The summed E-state index contributed by atoms with van der Waals surface area (Å²) in [6, 6.07) is 6.99. The molecule has 1 aliphatic carbocycles. The molecule has 2 N–H and O–H groups in total. The standard InChI is InChI=1S/C17H18Cl2N4O/c1-10-20-15(9-16(21-10)22-12-4-2-3-5-12)17(24)23-14-8-11(18)6-7-13(14)19/h6-9,12H,2-5H2,1H3,(H,23,24)(H,20,21,22). The van der Waals surface area contributed by atoms with Crippen LogP contribution in [0.3, 0.4) is 0 Å². The van der Waals surface area contributed by atoms with E-state index in [1.165, 1.54) is 12.8 Å². The third kappa shape index (κ3) is 4.16. The van der Waals surface area contributed by atoms with Crippen LogP contribution >= 0.6 is 23.2 Å². The van der Waals surface area contributed by atoms with Crippen molar-refractivity contribution in [3.8, 4) is 0 Å². The summed E-state index contributed by atoms with van der Waals surface area (Å²) in [7, 11) is 0. The highest BCUT2D eigenvalue weighted by Gasteiger charge is 2.17. The van der Waals surface area contributed by atoms with E-state index in [1.807, 2.05) is 0 Å². The van der Waals surface area contributed by atoms with Gasteiger partial charge in [0.05, 0.1) is 10.7 Å². The molecule has 1 amide bonds. The first kappa shape index (κ1) is 17.0. The van der Waals surface area contributed by atoms with Crippen LogP contribution in [0.4, 0.5) is 11.5 Å².